The maximum Gasteiger partial charge on any atom is 0.417 e. The molecule has 0 unspecified atom stereocenters. The van der Waals surface area contributed by atoms with Crippen LogP contribution >= 0.6 is 0 Å². The van der Waals surface area contributed by atoms with Crippen molar-refractivity contribution in [3.63, 3.8) is 0 Å². The van der Waals surface area contributed by atoms with Gasteiger partial charge in [0.15, 0.2) is 5.58 Å². The summed E-state index contributed by atoms with van der Waals surface area (Å²) in [5.41, 5.74) is 1.50. The Bertz CT molecular complexity index is 568. The number of hydrogen-bond donors (Lipinski definition) is 2. The van der Waals surface area contributed by atoms with Crippen LogP contribution in [-0.4, -0.2) is 17.4 Å². The molecule has 0 saturated heterocycles. The molecule has 1 aromatic carbocycles. The molecule has 2 rings (SSSR count). The van der Waals surface area contributed by atoms with Crippen LogP contribution in [0.2, 0.25) is 0 Å². The van der Waals surface area contributed by atoms with Crippen LogP contribution in [0.1, 0.15) is 23.7 Å². The molecule has 0 radical (unpaired) electrons. The minimum Gasteiger partial charge on any atom is -0.408 e. The van der Waals surface area contributed by atoms with Crippen molar-refractivity contribution in [2.24, 2.45) is 0 Å². The lowest BCUT2D eigenvalue weighted by Crippen LogP contribution is -2.23. The first kappa shape index (κ1) is 10.5. The van der Waals surface area contributed by atoms with E-state index in [-0.39, 0.29) is 5.91 Å². The van der Waals surface area contributed by atoms with Gasteiger partial charge in [-0.15, -0.1) is 0 Å². The third-order valence-electron chi connectivity index (χ3n) is 2.22. The molecule has 84 valence electrons. The number of carbonyl (C=O) groups excluding carboxylic acids is 1. The second-order valence-electron chi connectivity index (χ2n) is 3.48. The maximum absolute atomic E-state index is 11.6. The van der Waals surface area contributed by atoms with Gasteiger partial charge in [-0.05, 0) is 24.6 Å². The van der Waals surface area contributed by atoms with Gasteiger partial charge in [-0.1, -0.05) is 6.92 Å². The molecule has 0 saturated carbocycles. The molecule has 5 heteroatoms. The number of hydrogen-bond acceptors (Lipinski definition) is 3. The van der Waals surface area contributed by atoms with Crippen LogP contribution in [0.4, 0.5) is 0 Å². The van der Waals surface area contributed by atoms with Crippen molar-refractivity contribution in [1.82, 2.24) is 10.3 Å². The zero-order valence-electron chi connectivity index (χ0n) is 8.87. The first-order valence-corrected chi connectivity index (χ1v) is 5.12. The molecule has 16 heavy (non-hydrogen) atoms. The summed E-state index contributed by atoms with van der Waals surface area (Å²) >= 11 is 0. The van der Waals surface area contributed by atoms with Crippen LogP contribution in [0.5, 0.6) is 0 Å². The van der Waals surface area contributed by atoms with Crippen LogP contribution < -0.4 is 11.1 Å². The smallest absolute Gasteiger partial charge is 0.408 e. The van der Waals surface area contributed by atoms with E-state index in [1.165, 1.54) is 0 Å². The number of carbonyl (C=O) groups is 1. The fraction of sp³-hybridized carbons (Fsp3) is 0.273. The zero-order chi connectivity index (χ0) is 11.5. The van der Waals surface area contributed by atoms with E-state index in [0.29, 0.717) is 23.2 Å². The quantitative estimate of drug-likeness (QED) is 0.817. The predicted molar refractivity (Wildman–Crippen MR) is 59.5 cm³/mol. The summed E-state index contributed by atoms with van der Waals surface area (Å²) in [6.07, 6.45) is 0.885. The molecule has 1 aromatic heterocycles. The Morgan fingerprint density at radius 3 is 3.06 bits per heavy atom. The highest BCUT2D eigenvalue weighted by molar-refractivity contribution is 5.96. The van der Waals surface area contributed by atoms with E-state index in [4.69, 9.17) is 4.42 Å². The summed E-state index contributed by atoms with van der Waals surface area (Å²) < 4.78 is 4.84. The fourth-order valence-electron chi connectivity index (χ4n) is 1.43. The van der Waals surface area contributed by atoms with Gasteiger partial charge in [-0.3, -0.25) is 9.78 Å². The maximum atomic E-state index is 11.6. The third kappa shape index (κ3) is 1.98. The van der Waals surface area contributed by atoms with E-state index in [2.05, 4.69) is 10.3 Å². The zero-order valence-corrected chi connectivity index (χ0v) is 8.87. The van der Waals surface area contributed by atoms with E-state index in [0.717, 1.165) is 6.42 Å². The Kier molecular flexibility index (Phi) is 2.76. The Morgan fingerprint density at radius 1 is 1.50 bits per heavy atom. The number of nitrogens with one attached hydrogen (secondary N) is 2. The van der Waals surface area contributed by atoms with Crippen molar-refractivity contribution in [3.05, 3.63) is 34.3 Å². The van der Waals surface area contributed by atoms with Gasteiger partial charge in [0.25, 0.3) is 5.91 Å². The lowest BCUT2D eigenvalue weighted by atomic mass is 10.2. The molecule has 0 aliphatic rings. The van der Waals surface area contributed by atoms with Crippen molar-refractivity contribution >= 4 is 17.0 Å². The molecule has 0 fully saturated rings. The number of aromatic amines is 1. The van der Waals surface area contributed by atoms with Gasteiger partial charge >= 0.3 is 5.76 Å². The van der Waals surface area contributed by atoms with Gasteiger partial charge in [0.05, 0.1) is 5.52 Å². The Morgan fingerprint density at radius 2 is 2.31 bits per heavy atom. The van der Waals surface area contributed by atoms with Crippen molar-refractivity contribution in [1.29, 1.82) is 0 Å². The van der Waals surface area contributed by atoms with Crippen molar-refractivity contribution < 1.29 is 9.21 Å². The van der Waals surface area contributed by atoms with Gasteiger partial charge in [0.1, 0.15) is 0 Å². The minimum absolute atomic E-state index is 0.147. The van der Waals surface area contributed by atoms with Crippen LogP contribution in [0, 0.1) is 0 Å². The number of fused-ring (bicyclic) bond motifs is 1. The normalized spacial score (nSPS) is 10.6. The highest BCUT2D eigenvalue weighted by atomic mass is 16.4. The van der Waals surface area contributed by atoms with Crippen LogP contribution in [-0.2, 0) is 0 Å². The molecular formula is C11H12N2O3. The SMILES string of the molecule is CCCNC(=O)c1ccc2oc(=O)[nH]c2c1. The van der Waals surface area contributed by atoms with E-state index in [1.54, 1.807) is 18.2 Å². The van der Waals surface area contributed by atoms with E-state index in [9.17, 15) is 9.59 Å². The second kappa shape index (κ2) is 4.22. The summed E-state index contributed by atoms with van der Waals surface area (Å²) in [6.45, 7) is 2.62. The van der Waals surface area contributed by atoms with Gasteiger partial charge in [0, 0.05) is 12.1 Å². The number of H-pyrrole nitrogens is 1. The topological polar surface area (TPSA) is 75.1 Å². The van der Waals surface area contributed by atoms with Crippen molar-refractivity contribution in [2.75, 3.05) is 6.54 Å². The van der Waals surface area contributed by atoms with Crippen molar-refractivity contribution in [3.8, 4) is 0 Å². The molecule has 0 atom stereocenters. The fourth-order valence-corrected chi connectivity index (χ4v) is 1.43. The molecule has 0 aliphatic heterocycles. The summed E-state index contributed by atoms with van der Waals surface area (Å²) in [6, 6.07) is 4.84. The summed E-state index contributed by atoms with van der Waals surface area (Å²) in [5.74, 6) is -0.660. The number of aromatic nitrogens is 1. The molecule has 1 heterocycles. The monoisotopic (exact) mass is 220 g/mol. The molecule has 0 aliphatic carbocycles. The number of rotatable bonds is 3. The highest BCUT2D eigenvalue weighted by Gasteiger charge is 2.07. The second-order valence-corrected chi connectivity index (χ2v) is 3.48. The van der Waals surface area contributed by atoms with Gasteiger partial charge < -0.3 is 9.73 Å². The number of benzene rings is 1. The van der Waals surface area contributed by atoms with Crippen molar-refractivity contribution in [2.45, 2.75) is 13.3 Å². The molecular weight excluding hydrogens is 208 g/mol. The third-order valence-corrected chi connectivity index (χ3v) is 2.22. The number of oxazole rings is 1. The Balaban J connectivity index is 2.31. The molecule has 2 N–H and O–H groups in total. The highest BCUT2D eigenvalue weighted by Crippen LogP contribution is 2.11. The van der Waals surface area contributed by atoms with Crippen LogP contribution in [0.15, 0.2) is 27.4 Å². The molecule has 0 bridgehead atoms. The van der Waals surface area contributed by atoms with Crippen LogP contribution in [0.3, 0.4) is 0 Å². The Hall–Kier alpha value is -2.04. The van der Waals surface area contributed by atoms with E-state index >= 15 is 0 Å². The largest absolute Gasteiger partial charge is 0.417 e. The standard InChI is InChI=1S/C11H12N2O3/c1-2-5-12-10(14)7-3-4-9-8(6-7)13-11(15)16-9/h3-4,6H,2,5H2,1H3,(H,12,14)(H,13,15). The number of amides is 1. The lowest BCUT2D eigenvalue weighted by molar-refractivity contribution is 0.0954. The summed E-state index contributed by atoms with van der Waals surface area (Å²) in [5, 5.41) is 2.76. The van der Waals surface area contributed by atoms with Gasteiger partial charge in [-0.25, -0.2) is 4.79 Å². The predicted octanol–water partition coefficient (Wildman–Crippen LogP) is 1.26. The average Bonchev–Trinajstić information content (AvgIpc) is 2.64. The van der Waals surface area contributed by atoms with E-state index < -0.39 is 5.76 Å². The summed E-state index contributed by atoms with van der Waals surface area (Å²) in [4.78, 5) is 25.0. The summed E-state index contributed by atoms with van der Waals surface area (Å²) in [7, 11) is 0. The molecule has 1 amide bonds. The first-order chi connectivity index (χ1) is 7.70. The first-order valence-electron chi connectivity index (χ1n) is 5.12. The molecule has 5 nitrogen and oxygen atoms in total. The Labute approximate surface area is 91.5 Å². The minimum atomic E-state index is -0.513. The van der Waals surface area contributed by atoms with Gasteiger partial charge in [-0.2, -0.15) is 0 Å². The van der Waals surface area contributed by atoms with Crippen LogP contribution in [0.25, 0.3) is 11.1 Å². The lowest BCUT2D eigenvalue weighted by Gasteiger charge is -2.02. The average molecular weight is 220 g/mol. The van der Waals surface area contributed by atoms with E-state index in [1.807, 2.05) is 6.92 Å². The van der Waals surface area contributed by atoms with Gasteiger partial charge in [0.2, 0.25) is 0 Å². The molecule has 2 aromatic rings. The molecule has 0 spiro atoms.